The molecule has 0 saturated carbocycles. The molecular weight excluding hydrogens is 490 g/mol. The van der Waals surface area contributed by atoms with Gasteiger partial charge in [-0.05, 0) is 42.7 Å². The summed E-state index contributed by atoms with van der Waals surface area (Å²) in [7, 11) is 0. The van der Waals surface area contributed by atoms with Gasteiger partial charge in [-0.3, -0.25) is 14.5 Å². The number of rotatable bonds is 7. The van der Waals surface area contributed by atoms with E-state index in [1.54, 1.807) is 18.2 Å². The smallest absolute Gasteiger partial charge is 0.314 e. The van der Waals surface area contributed by atoms with Crippen LogP contribution in [-0.4, -0.2) is 42.4 Å². The van der Waals surface area contributed by atoms with Gasteiger partial charge in [0.15, 0.2) is 0 Å². The van der Waals surface area contributed by atoms with Gasteiger partial charge in [-0.2, -0.15) is 0 Å². The van der Waals surface area contributed by atoms with E-state index in [9.17, 15) is 14.4 Å². The Labute approximate surface area is 179 Å². The third kappa shape index (κ3) is 4.80. The average Bonchev–Trinajstić information content (AvgIpc) is 2.90. The molecule has 0 atom stereocenters. The molecule has 0 bridgehead atoms. The third-order valence-corrected chi connectivity index (χ3v) is 5.68. The van der Waals surface area contributed by atoms with Crippen LogP contribution in [0.25, 0.3) is 0 Å². The fourth-order valence-electron chi connectivity index (χ4n) is 2.98. The van der Waals surface area contributed by atoms with Crippen molar-refractivity contribution in [3.63, 3.8) is 0 Å². The number of halogens is 2. The number of urea groups is 1. The summed E-state index contributed by atoms with van der Waals surface area (Å²) in [5.74, 6) is -0.579. The van der Waals surface area contributed by atoms with Gasteiger partial charge in [-0.1, -0.05) is 50.1 Å². The van der Waals surface area contributed by atoms with Crippen molar-refractivity contribution in [1.82, 2.24) is 15.5 Å². The maximum atomic E-state index is 12.4. The van der Waals surface area contributed by atoms with E-state index in [1.165, 1.54) is 4.90 Å². The Balaban J connectivity index is 1.38. The first kappa shape index (κ1) is 20.5. The Morgan fingerprint density at radius 2 is 1.64 bits per heavy atom. The molecule has 1 heterocycles. The molecule has 4 amide bonds. The second-order valence-corrected chi connectivity index (χ2v) is 8.10. The number of nitrogens with zero attached hydrogens (tertiary/aromatic N) is 1. The predicted octanol–water partition coefficient (Wildman–Crippen LogP) is 3.74. The van der Waals surface area contributed by atoms with Crippen molar-refractivity contribution in [1.29, 1.82) is 0 Å². The van der Waals surface area contributed by atoms with Gasteiger partial charge in [0.2, 0.25) is 0 Å². The number of imide groups is 1. The number of carbonyl (C=O) groups is 3. The van der Waals surface area contributed by atoms with Crippen LogP contribution in [0.4, 0.5) is 4.79 Å². The highest BCUT2D eigenvalue weighted by Gasteiger charge is 2.34. The Kier molecular flexibility index (Phi) is 6.85. The fourth-order valence-corrected chi connectivity index (χ4v) is 3.82. The summed E-state index contributed by atoms with van der Waals surface area (Å²) in [6.45, 7) is 1.15. The third-order valence-electron chi connectivity index (χ3n) is 4.41. The van der Waals surface area contributed by atoms with Gasteiger partial charge in [0.1, 0.15) is 0 Å². The Bertz CT molecular complexity index is 917. The van der Waals surface area contributed by atoms with E-state index in [1.807, 2.05) is 24.3 Å². The van der Waals surface area contributed by atoms with E-state index < -0.39 is 0 Å². The summed E-state index contributed by atoms with van der Waals surface area (Å²) in [5.41, 5.74) is 1.96. The minimum atomic E-state index is -0.292. The first-order valence-electron chi connectivity index (χ1n) is 8.88. The van der Waals surface area contributed by atoms with Crippen LogP contribution in [-0.2, 0) is 6.42 Å². The Morgan fingerprint density at radius 3 is 2.43 bits per heavy atom. The van der Waals surface area contributed by atoms with Crippen molar-refractivity contribution in [2.45, 2.75) is 12.8 Å². The maximum absolute atomic E-state index is 12.4. The molecule has 3 rings (SSSR count). The second-order valence-electron chi connectivity index (χ2n) is 6.33. The van der Waals surface area contributed by atoms with Gasteiger partial charge in [0.05, 0.1) is 11.1 Å². The minimum Gasteiger partial charge on any atom is -0.338 e. The lowest BCUT2D eigenvalue weighted by atomic mass is 10.1. The molecule has 1 aliphatic rings. The highest BCUT2D eigenvalue weighted by atomic mass is 79.9. The lowest BCUT2D eigenvalue weighted by Crippen LogP contribution is -2.38. The standard InChI is InChI=1S/C20H19Br2N3O3/c21-14-6-7-15-16(12-14)19(27)25(18(15)26)11-3-9-23-20(28)24-10-8-13-4-1-2-5-17(13)22/h1-2,4-7,12H,3,8-11H2,(H2,23,24,28). The van der Waals surface area contributed by atoms with Crippen LogP contribution in [0, 0.1) is 0 Å². The van der Waals surface area contributed by atoms with Gasteiger partial charge in [0, 0.05) is 28.6 Å². The highest BCUT2D eigenvalue weighted by molar-refractivity contribution is 9.10. The molecule has 8 heteroatoms. The quantitative estimate of drug-likeness (QED) is 0.441. The molecule has 2 aromatic carbocycles. The molecule has 0 spiro atoms. The van der Waals surface area contributed by atoms with Crippen molar-refractivity contribution in [2.24, 2.45) is 0 Å². The summed E-state index contributed by atoms with van der Waals surface area (Å²) in [6.07, 6.45) is 1.21. The first-order valence-corrected chi connectivity index (χ1v) is 10.5. The number of hydrogen-bond acceptors (Lipinski definition) is 3. The topological polar surface area (TPSA) is 78.5 Å². The molecule has 2 aromatic rings. The van der Waals surface area contributed by atoms with Crippen molar-refractivity contribution in [2.75, 3.05) is 19.6 Å². The Hall–Kier alpha value is -2.19. The van der Waals surface area contributed by atoms with Crippen LogP contribution < -0.4 is 10.6 Å². The lowest BCUT2D eigenvalue weighted by molar-refractivity contribution is 0.0653. The van der Waals surface area contributed by atoms with Crippen molar-refractivity contribution >= 4 is 49.7 Å². The Morgan fingerprint density at radius 1 is 0.929 bits per heavy atom. The van der Waals surface area contributed by atoms with Crippen molar-refractivity contribution in [3.05, 3.63) is 68.1 Å². The van der Waals surface area contributed by atoms with E-state index in [0.717, 1.165) is 20.9 Å². The zero-order valence-corrected chi connectivity index (χ0v) is 18.2. The average molecular weight is 509 g/mol. The molecule has 0 aliphatic carbocycles. The SMILES string of the molecule is O=C(NCCCN1C(=O)c2ccc(Br)cc2C1=O)NCCc1ccccc1Br. The van der Waals surface area contributed by atoms with Gasteiger partial charge < -0.3 is 10.6 Å². The molecule has 0 unspecified atom stereocenters. The van der Waals surface area contributed by atoms with Crippen molar-refractivity contribution < 1.29 is 14.4 Å². The largest absolute Gasteiger partial charge is 0.338 e. The molecule has 1 aliphatic heterocycles. The van der Waals surface area contributed by atoms with Gasteiger partial charge >= 0.3 is 6.03 Å². The molecule has 0 fully saturated rings. The fraction of sp³-hybridized carbons (Fsp3) is 0.250. The lowest BCUT2D eigenvalue weighted by Gasteiger charge is -2.14. The number of amides is 4. The number of benzene rings is 2. The molecule has 0 saturated heterocycles. The van der Waals surface area contributed by atoms with Gasteiger partial charge in [-0.15, -0.1) is 0 Å². The normalized spacial score (nSPS) is 12.9. The monoisotopic (exact) mass is 507 g/mol. The molecule has 6 nitrogen and oxygen atoms in total. The first-order chi connectivity index (χ1) is 13.5. The summed E-state index contributed by atoms with van der Waals surface area (Å²) in [6, 6.07) is 12.7. The van der Waals surface area contributed by atoms with Gasteiger partial charge in [0.25, 0.3) is 11.8 Å². The molecular formula is C20H19Br2N3O3. The van der Waals surface area contributed by atoms with Crippen molar-refractivity contribution in [3.8, 4) is 0 Å². The summed E-state index contributed by atoms with van der Waals surface area (Å²) in [4.78, 5) is 37.8. The second kappa shape index (κ2) is 9.34. The van der Waals surface area contributed by atoms with E-state index in [4.69, 9.17) is 0 Å². The molecule has 0 radical (unpaired) electrons. The van der Waals surface area contributed by atoms with Crippen LogP contribution in [0.3, 0.4) is 0 Å². The number of hydrogen-bond donors (Lipinski definition) is 2. The van der Waals surface area contributed by atoms with E-state index in [0.29, 0.717) is 30.6 Å². The van der Waals surface area contributed by atoms with Crippen LogP contribution in [0.1, 0.15) is 32.7 Å². The highest BCUT2D eigenvalue weighted by Crippen LogP contribution is 2.26. The van der Waals surface area contributed by atoms with E-state index in [-0.39, 0.29) is 24.4 Å². The summed E-state index contributed by atoms with van der Waals surface area (Å²) >= 11 is 6.79. The molecule has 146 valence electrons. The summed E-state index contributed by atoms with van der Waals surface area (Å²) in [5, 5.41) is 5.55. The number of nitrogens with one attached hydrogen (secondary N) is 2. The molecule has 2 N–H and O–H groups in total. The molecule has 28 heavy (non-hydrogen) atoms. The van der Waals surface area contributed by atoms with Crippen LogP contribution in [0.15, 0.2) is 51.4 Å². The van der Waals surface area contributed by atoms with Crippen LogP contribution in [0.5, 0.6) is 0 Å². The van der Waals surface area contributed by atoms with Gasteiger partial charge in [-0.25, -0.2) is 4.79 Å². The van der Waals surface area contributed by atoms with E-state index >= 15 is 0 Å². The van der Waals surface area contributed by atoms with Crippen LogP contribution in [0.2, 0.25) is 0 Å². The minimum absolute atomic E-state index is 0.265. The predicted molar refractivity (Wildman–Crippen MR) is 113 cm³/mol. The van der Waals surface area contributed by atoms with E-state index in [2.05, 4.69) is 42.5 Å². The zero-order valence-electron chi connectivity index (χ0n) is 15.0. The maximum Gasteiger partial charge on any atom is 0.314 e. The zero-order chi connectivity index (χ0) is 20.1. The number of carbonyl (C=O) groups excluding carboxylic acids is 3. The molecule has 0 aromatic heterocycles. The summed E-state index contributed by atoms with van der Waals surface area (Å²) < 4.78 is 1.78. The van der Waals surface area contributed by atoms with Crippen LogP contribution >= 0.6 is 31.9 Å². The number of fused-ring (bicyclic) bond motifs is 1.